The second-order valence-corrected chi connectivity index (χ2v) is 18.3. The lowest BCUT2D eigenvalue weighted by Gasteiger charge is -2.36. The number of thiophene rings is 1. The zero-order valence-corrected chi connectivity index (χ0v) is 33.9. The molecule has 55 heavy (non-hydrogen) atoms. The zero-order valence-electron chi connectivity index (χ0n) is 33.1. The van der Waals surface area contributed by atoms with Gasteiger partial charge in [0.2, 0.25) is 29.4 Å². The highest BCUT2D eigenvalue weighted by molar-refractivity contribution is 7.10. The standard InChI is InChI=1S/C39H58N6O9S/c1-38(2,3)54-37(52)43-29(23-12-9-8-10-13-23)36(51)45-21-26-24(19-39(4,5)53-26)31(45)33(48)41-25(18-22-15-16-22)32(47)34(49)40-20-28(46)42-30(35(50)44(6)7)27-14-11-17-55-27/h11,14,17,22-26,29-31H,8-10,12-13,15-16,18-21H2,1-7H3,(H,40,49)(H,41,48)(H,42,46)(H,43,52)/t24-,25?,26-,29-,30-,31-/m0/s1. The molecule has 5 rings (SSSR count). The maximum absolute atomic E-state index is 14.6. The first-order chi connectivity index (χ1) is 25.8. The van der Waals surface area contributed by atoms with Crippen molar-refractivity contribution in [3.05, 3.63) is 22.4 Å². The Labute approximate surface area is 327 Å². The number of fused-ring (bicyclic) bond motifs is 1. The molecule has 2 aliphatic heterocycles. The predicted molar refractivity (Wildman–Crippen MR) is 203 cm³/mol. The normalized spacial score (nSPS) is 23.8. The molecule has 0 radical (unpaired) electrons. The van der Waals surface area contributed by atoms with Crippen molar-refractivity contribution in [2.45, 2.75) is 134 Å². The Kier molecular flexibility index (Phi) is 13.3. The lowest BCUT2D eigenvalue weighted by atomic mass is 9.83. The monoisotopic (exact) mass is 786 g/mol. The molecule has 1 aromatic rings. The molecule has 0 aromatic carbocycles. The van der Waals surface area contributed by atoms with Crippen LogP contribution in [-0.4, -0.2) is 114 Å². The number of nitrogens with one attached hydrogen (secondary N) is 4. The lowest BCUT2D eigenvalue weighted by Crippen LogP contribution is -2.59. The van der Waals surface area contributed by atoms with Crippen LogP contribution < -0.4 is 21.3 Å². The van der Waals surface area contributed by atoms with Crippen molar-refractivity contribution in [1.82, 2.24) is 31.1 Å². The predicted octanol–water partition coefficient (Wildman–Crippen LogP) is 2.83. The largest absolute Gasteiger partial charge is 0.444 e. The van der Waals surface area contributed by atoms with Crippen molar-refractivity contribution in [2.24, 2.45) is 17.8 Å². The Bertz CT molecular complexity index is 1600. The zero-order chi connectivity index (χ0) is 40.2. The Morgan fingerprint density at radius 3 is 2.29 bits per heavy atom. The number of nitrogens with zero attached hydrogens (tertiary/aromatic N) is 2. The van der Waals surface area contributed by atoms with Crippen molar-refractivity contribution in [2.75, 3.05) is 27.2 Å². The van der Waals surface area contributed by atoms with E-state index in [1.807, 2.05) is 13.8 Å². The van der Waals surface area contributed by atoms with Crippen LogP contribution in [0.15, 0.2) is 17.5 Å². The van der Waals surface area contributed by atoms with E-state index in [2.05, 4.69) is 21.3 Å². The summed E-state index contributed by atoms with van der Waals surface area (Å²) >= 11 is 1.30. The molecule has 1 unspecified atom stereocenters. The van der Waals surface area contributed by atoms with E-state index in [-0.39, 0.29) is 36.6 Å². The van der Waals surface area contributed by atoms with Crippen molar-refractivity contribution in [3.63, 3.8) is 0 Å². The van der Waals surface area contributed by atoms with Crippen LogP contribution in [0.5, 0.6) is 0 Å². The molecule has 15 nitrogen and oxygen atoms in total. The minimum absolute atomic E-state index is 0.129. The number of hydrogen-bond donors (Lipinski definition) is 4. The van der Waals surface area contributed by atoms with Crippen molar-refractivity contribution < 1.29 is 43.0 Å². The maximum atomic E-state index is 14.6. The fraction of sp³-hybridized carbons (Fsp3) is 0.718. The van der Waals surface area contributed by atoms with E-state index in [0.29, 0.717) is 11.3 Å². The maximum Gasteiger partial charge on any atom is 0.408 e. The van der Waals surface area contributed by atoms with Gasteiger partial charge in [0.1, 0.15) is 23.7 Å². The fourth-order valence-corrected chi connectivity index (χ4v) is 8.82. The summed E-state index contributed by atoms with van der Waals surface area (Å²) in [6.07, 6.45) is 5.56. The van der Waals surface area contributed by atoms with Gasteiger partial charge in [-0.25, -0.2) is 4.79 Å². The number of ether oxygens (including phenoxy) is 2. The third-order valence-electron chi connectivity index (χ3n) is 10.8. The van der Waals surface area contributed by atoms with Gasteiger partial charge in [0.25, 0.3) is 5.91 Å². The molecule has 0 spiro atoms. The van der Waals surface area contributed by atoms with Gasteiger partial charge in [-0.3, -0.25) is 28.8 Å². The molecule has 6 amide bonds. The van der Waals surface area contributed by atoms with Crippen LogP contribution in [0.1, 0.15) is 103 Å². The van der Waals surface area contributed by atoms with E-state index < -0.39 is 83.5 Å². The number of alkyl carbamates (subject to hydrolysis) is 1. The van der Waals surface area contributed by atoms with Crippen LogP contribution in [0.3, 0.4) is 0 Å². The summed E-state index contributed by atoms with van der Waals surface area (Å²) < 4.78 is 11.9. The van der Waals surface area contributed by atoms with Crippen LogP contribution in [0.4, 0.5) is 4.79 Å². The third kappa shape index (κ3) is 11.0. The molecule has 2 saturated carbocycles. The van der Waals surface area contributed by atoms with Crippen LogP contribution in [0, 0.1) is 17.8 Å². The Morgan fingerprint density at radius 2 is 1.69 bits per heavy atom. The van der Waals surface area contributed by atoms with E-state index in [4.69, 9.17) is 9.47 Å². The SMILES string of the molecule is CN(C)C(=O)[C@@H](NC(=O)CNC(=O)C(=O)C(CC1CC1)NC(=O)[C@@H]1[C@H]2CC(C)(C)O[C@H]2CN1C(=O)[C@@H](NC(=O)OC(C)(C)C)C1CCCCC1)c1cccs1. The second-order valence-electron chi connectivity index (χ2n) is 17.3. The molecule has 1 aromatic heterocycles. The smallest absolute Gasteiger partial charge is 0.408 e. The van der Waals surface area contributed by atoms with E-state index in [1.165, 1.54) is 21.1 Å². The van der Waals surface area contributed by atoms with E-state index in [0.717, 1.165) is 44.9 Å². The Balaban J connectivity index is 1.31. The minimum Gasteiger partial charge on any atom is -0.444 e. The van der Waals surface area contributed by atoms with Crippen molar-refractivity contribution >= 4 is 52.7 Å². The number of likely N-dealkylation sites (N-methyl/N-ethyl adjacent to an activating group) is 1. The van der Waals surface area contributed by atoms with Crippen LogP contribution in [0.2, 0.25) is 0 Å². The first-order valence-electron chi connectivity index (χ1n) is 19.5. The van der Waals surface area contributed by atoms with Gasteiger partial charge < -0.3 is 40.5 Å². The molecule has 16 heteroatoms. The number of amides is 6. The summed E-state index contributed by atoms with van der Waals surface area (Å²) in [5.74, 6) is -4.36. The first-order valence-corrected chi connectivity index (χ1v) is 20.4. The number of ketones is 1. The molecule has 0 bridgehead atoms. The summed E-state index contributed by atoms with van der Waals surface area (Å²) in [6, 6.07) is -0.619. The first kappa shape index (κ1) is 42.1. The number of carbonyl (C=O) groups is 7. The van der Waals surface area contributed by atoms with E-state index >= 15 is 0 Å². The Hall–Kier alpha value is -4.05. The average molecular weight is 787 g/mol. The number of rotatable bonds is 14. The van der Waals surface area contributed by atoms with Crippen molar-refractivity contribution in [3.8, 4) is 0 Å². The average Bonchev–Trinajstić information content (AvgIpc) is 3.48. The molecule has 4 fully saturated rings. The number of hydrogen-bond acceptors (Lipinski definition) is 10. The second kappa shape index (κ2) is 17.4. The van der Waals surface area contributed by atoms with Crippen LogP contribution in [-0.2, 0) is 38.2 Å². The summed E-state index contributed by atoms with van der Waals surface area (Å²) in [4.78, 5) is 98.2. The topological polar surface area (TPSA) is 193 Å². The van der Waals surface area contributed by atoms with Crippen LogP contribution in [0.25, 0.3) is 0 Å². The van der Waals surface area contributed by atoms with Gasteiger partial charge in [-0.05, 0) is 83.6 Å². The molecule has 304 valence electrons. The third-order valence-corrected chi connectivity index (χ3v) is 11.7. The van der Waals surface area contributed by atoms with Gasteiger partial charge in [-0.2, -0.15) is 0 Å². The van der Waals surface area contributed by atoms with Gasteiger partial charge in [0.15, 0.2) is 0 Å². The molecule has 6 atom stereocenters. The van der Waals surface area contributed by atoms with Gasteiger partial charge in [0.05, 0.1) is 24.3 Å². The van der Waals surface area contributed by atoms with Gasteiger partial charge >= 0.3 is 6.09 Å². The van der Waals surface area contributed by atoms with Gasteiger partial charge in [-0.1, -0.05) is 38.2 Å². The summed E-state index contributed by atoms with van der Waals surface area (Å²) in [6.45, 7) is 8.66. The molecule has 4 aliphatic rings. The van der Waals surface area contributed by atoms with E-state index in [1.54, 1.807) is 52.4 Å². The highest BCUT2D eigenvalue weighted by atomic mass is 32.1. The fourth-order valence-electron chi connectivity index (χ4n) is 8.06. The number of carbonyl (C=O) groups excluding carboxylic acids is 7. The molecule has 3 heterocycles. The van der Waals surface area contributed by atoms with Gasteiger partial charge in [-0.15, -0.1) is 11.3 Å². The highest BCUT2D eigenvalue weighted by Crippen LogP contribution is 2.44. The molecular weight excluding hydrogens is 729 g/mol. The highest BCUT2D eigenvalue weighted by Gasteiger charge is 2.56. The molecule has 2 aliphatic carbocycles. The number of likely N-dealkylation sites (tertiary alicyclic amines) is 1. The van der Waals surface area contributed by atoms with Crippen LogP contribution >= 0.6 is 11.3 Å². The number of Topliss-reactive ketones (excluding diaryl/α,β-unsaturated/α-hetero) is 1. The lowest BCUT2D eigenvalue weighted by molar-refractivity contribution is -0.145. The van der Waals surface area contributed by atoms with Gasteiger partial charge in [0, 0.05) is 31.4 Å². The minimum atomic E-state index is -1.20. The quantitative estimate of drug-likeness (QED) is 0.205. The summed E-state index contributed by atoms with van der Waals surface area (Å²) in [5.41, 5.74) is -1.34. The van der Waals surface area contributed by atoms with E-state index in [9.17, 15) is 33.6 Å². The summed E-state index contributed by atoms with van der Waals surface area (Å²) in [7, 11) is 3.14. The van der Waals surface area contributed by atoms with Crippen molar-refractivity contribution in [1.29, 1.82) is 0 Å². The molecular formula is C39H58N6O9S. The Morgan fingerprint density at radius 1 is 1.00 bits per heavy atom. The summed E-state index contributed by atoms with van der Waals surface area (Å²) in [5, 5.41) is 12.5. The molecule has 2 saturated heterocycles. The molecule has 4 N–H and O–H groups in total.